The van der Waals surface area contributed by atoms with Crippen molar-refractivity contribution in [1.82, 2.24) is 0 Å². The van der Waals surface area contributed by atoms with E-state index in [4.69, 9.17) is 6.85 Å². The van der Waals surface area contributed by atoms with Gasteiger partial charge in [0.25, 0.3) is 0 Å². The second-order valence-corrected chi connectivity index (χ2v) is 23.5. The van der Waals surface area contributed by atoms with Crippen molar-refractivity contribution in [2.75, 3.05) is 0 Å². The third kappa shape index (κ3) is 7.33. The van der Waals surface area contributed by atoms with Crippen LogP contribution >= 0.6 is 0 Å². The quantitative estimate of drug-likeness (QED) is 0.146. The molecule has 0 atom stereocenters. The number of hydrogen-bond acceptors (Lipinski definition) is 0. The second-order valence-electron chi connectivity index (χ2n) is 23.5. The van der Waals surface area contributed by atoms with Gasteiger partial charge in [0, 0.05) is 0 Å². The highest BCUT2D eigenvalue weighted by Gasteiger charge is 2.21. The third-order valence-corrected chi connectivity index (χ3v) is 18.9. The van der Waals surface area contributed by atoms with Crippen molar-refractivity contribution < 1.29 is 11.0 Å². The summed E-state index contributed by atoms with van der Waals surface area (Å²) in [5, 5.41) is 27.9. The van der Waals surface area contributed by atoms with Crippen LogP contribution in [-0.2, 0) is 0 Å². The highest BCUT2D eigenvalue weighted by atomic mass is 14.2. The summed E-state index contributed by atoms with van der Waals surface area (Å²) in [6, 6.07) is 92.2. The molecule has 0 saturated heterocycles. The van der Waals surface area contributed by atoms with E-state index in [1.54, 1.807) is 0 Å². The minimum absolute atomic E-state index is 0.0744. The maximum atomic E-state index is 10.0. The zero-order valence-corrected chi connectivity index (χ0v) is 47.4. The van der Waals surface area contributed by atoms with E-state index in [1.807, 2.05) is 48.5 Å². The van der Waals surface area contributed by atoms with E-state index in [1.165, 1.54) is 80.8 Å². The Labute approximate surface area is 519 Å². The summed E-state index contributed by atoms with van der Waals surface area (Å²) in [5.41, 5.74) is 9.02. The highest BCUT2D eigenvalue weighted by Crippen LogP contribution is 2.48. The second kappa shape index (κ2) is 19.0. The van der Waals surface area contributed by atoms with Gasteiger partial charge < -0.3 is 0 Å². The zero-order valence-electron chi connectivity index (χ0n) is 55.4. The van der Waals surface area contributed by atoms with Gasteiger partial charge in [-0.25, -0.2) is 0 Å². The van der Waals surface area contributed by atoms with Crippen molar-refractivity contribution in [2.45, 2.75) is 0 Å². The van der Waals surface area contributed by atoms with Gasteiger partial charge in [0.2, 0.25) is 0 Å². The van der Waals surface area contributed by atoms with E-state index in [2.05, 4.69) is 218 Å². The molecule has 0 bridgehead atoms. The Hall–Kier alpha value is -11.4. The monoisotopic (exact) mass is 1120 g/mol. The molecular weight excluding hydrogens is 1060 g/mol. The Kier molecular flexibility index (Phi) is 8.99. The third-order valence-electron chi connectivity index (χ3n) is 18.9. The maximum Gasteiger partial charge on any atom is 0.0636 e. The van der Waals surface area contributed by atoms with Crippen LogP contribution in [0, 0.1) is 0 Å². The number of rotatable bonds is 6. The molecule has 404 valence electrons. The highest BCUT2D eigenvalue weighted by molar-refractivity contribution is 6.30. The molecule has 0 aromatic heterocycles. The molecule has 0 aliphatic carbocycles. The first-order valence-electron chi connectivity index (χ1n) is 34.1. The molecule has 0 heteroatoms. The lowest BCUT2D eigenvalue weighted by Gasteiger charge is -2.19. The molecule has 0 N–H and O–H groups in total. The van der Waals surface area contributed by atoms with Crippen LogP contribution in [0.15, 0.2) is 315 Å². The first-order chi connectivity index (χ1) is 47.0. The molecular formula is C88H52. The molecule has 20 aromatic carbocycles. The Morgan fingerprint density at radius 1 is 0.170 bits per heavy atom. The predicted molar refractivity (Wildman–Crippen MR) is 380 cm³/mol. The molecule has 0 amide bonds. The maximum absolute atomic E-state index is 10.0. The number of hydrogen-bond donors (Lipinski definition) is 0. The van der Waals surface area contributed by atoms with E-state index in [-0.39, 0.29) is 47.9 Å². The van der Waals surface area contributed by atoms with Gasteiger partial charge in [0.1, 0.15) is 0 Å². The summed E-state index contributed by atoms with van der Waals surface area (Å²) in [6.45, 7) is 0. The Morgan fingerprint density at radius 2 is 0.511 bits per heavy atom. The zero-order chi connectivity index (χ0) is 64.5. The van der Waals surface area contributed by atoms with Gasteiger partial charge in [-0.3, -0.25) is 0 Å². The van der Waals surface area contributed by atoms with Crippen LogP contribution in [0.2, 0.25) is 0 Å². The van der Waals surface area contributed by atoms with Crippen LogP contribution in [0.25, 0.3) is 196 Å². The van der Waals surface area contributed by atoms with Crippen molar-refractivity contribution in [3.05, 3.63) is 315 Å². The van der Waals surface area contributed by atoms with E-state index in [0.29, 0.717) is 22.3 Å². The van der Waals surface area contributed by atoms with E-state index in [0.717, 1.165) is 87.4 Å². The fraction of sp³-hybridized carbons (Fsp3) is 0. The molecule has 0 unspecified atom stereocenters. The van der Waals surface area contributed by atoms with Crippen molar-refractivity contribution in [3.8, 4) is 66.8 Å². The smallest absolute Gasteiger partial charge is 0.0622 e. The van der Waals surface area contributed by atoms with E-state index < -0.39 is 6.04 Å². The Morgan fingerprint density at radius 3 is 0.943 bits per heavy atom. The van der Waals surface area contributed by atoms with Crippen molar-refractivity contribution in [3.63, 3.8) is 0 Å². The van der Waals surface area contributed by atoms with E-state index >= 15 is 0 Å². The first-order valence-corrected chi connectivity index (χ1v) is 30.1. The van der Waals surface area contributed by atoms with Crippen molar-refractivity contribution in [1.29, 1.82) is 0 Å². The molecule has 0 radical (unpaired) electrons. The lowest BCUT2D eigenvalue weighted by atomic mass is 9.85. The fourth-order valence-corrected chi connectivity index (χ4v) is 15.0. The largest absolute Gasteiger partial charge is 0.0636 e. The molecule has 0 heterocycles. The normalized spacial score (nSPS) is 13.4. The van der Waals surface area contributed by atoms with E-state index in [9.17, 15) is 4.11 Å². The SMILES string of the molecule is [2H]c1c([2H])c(-c2ccccc2)c(-c2ccc3ccc4cccc5ccc2c3c45)c([2H])c1-c1ccc2ccc3cccc4ccc1c2c34.[2H]c1c([2H])c([2H])c(-c2ccc(-c3ccc4ccc5cccc6ccc3c4c56)cc2-c2ccc3ccc4cccc5ccc2c3c45)c([2H])c1[2H]. The Balaban J connectivity index is 0.000000135. The summed E-state index contributed by atoms with van der Waals surface area (Å²) in [4.78, 5) is 0. The van der Waals surface area contributed by atoms with Gasteiger partial charge in [-0.05, 0) is 208 Å². The Bertz CT molecular complexity index is 6580. The van der Waals surface area contributed by atoms with Crippen LogP contribution in [0.5, 0.6) is 0 Å². The van der Waals surface area contributed by atoms with Crippen LogP contribution < -0.4 is 0 Å². The van der Waals surface area contributed by atoms with Crippen LogP contribution in [-0.4, -0.2) is 0 Å². The lowest BCUT2D eigenvalue weighted by Crippen LogP contribution is -1.92. The molecule has 0 nitrogen and oxygen atoms in total. The first kappa shape index (κ1) is 41.6. The summed E-state index contributed by atoms with van der Waals surface area (Å²) in [5.74, 6) is 0. The minimum atomic E-state index is -0.395. The topological polar surface area (TPSA) is 0 Å². The number of benzene rings is 20. The van der Waals surface area contributed by atoms with Gasteiger partial charge in [-0.15, -0.1) is 0 Å². The molecule has 0 fully saturated rings. The summed E-state index contributed by atoms with van der Waals surface area (Å²) >= 11 is 0. The molecule has 88 heavy (non-hydrogen) atoms. The van der Waals surface area contributed by atoms with Crippen LogP contribution in [0.3, 0.4) is 0 Å². The standard InChI is InChI=1S/2C44H26/c2*1-2-6-27(7-3-1)35-22-20-34(36-21-16-32-14-12-28-8-4-10-30-18-24-38(36)43(32)41(28)30)26-40(35)37-23-17-33-15-13-29-9-5-11-31-19-25-39(37)44(33)42(29)31/h2*1-26H/i1D,2D,3D,6D,7D;20D,22D,26D. The van der Waals surface area contributed by atoms with Gasteiger partial charge in [0.15, 0.2) is 0 Å². The van der Waals surface area contributed by atoms with Gasteiger partial charge in [-0.1, -0.05) is 303 Å². The molecule has 0 spiro atoms. The average molecular weight is 1120 g/mol. The summed E-state index contributed by atoms with van der Waals surface area (Å²) in [6.07, 6.45) is 0. The van der Waals surface area contributed by atoms with Crippen molar-refractivity contribution >= 4 is 129 Å². The fourth-order valence-electron chi connectivity index (χ4n) is 15.0. The molecule has 0 saturated carbocycles. The molecule has 20 aromatic rings. The van der Waals surface area contributed by atoms with Gasteiger partial charge >= 0.3 is 0 Å². The summed E-state index contributed by atoms with van der Waals surface area (Å²) in [7, 11) is 0. The van der Waals surface area contributed by atoms with Crippen molar-refractivity contribution in [2.24, 2.45) is 0 Å². The average Bonchev–Trinajstić information content (AvgIpc) is 0.727. The van der Waals surface area contributed by atoms with Gasteiger partial charge in [-0.2, -0.15) is 0 Å². The van der Waals surface area contributed by atoms with Crippen LogP contribution in [0.1, 0.15) is 11.0 Å². The molecule has 0 aliphatic rings. The molecule has 20 rings (SSSR count). The molecule has 0 aliphatic heterocycles. The summed E-state index contributed by atoms with van der Waals surface area (Å²) < 4.78 is 72.2. The van der Waals surface area contributed by atoms with Crippen LogP contribution in [0.4, 0.5) is 0 Å². The lowest BCUT2D eigenvalue weighted by molar-refractivity contribution is 1.59. The minimum Gasteiger partial charge on any atom is -0.0622 e. The predicted octanol–water partition coefficient (Wildman–Crippen LogP) is 25.0. The van der Waals surface area contributed by atoms with Gasteiger partial charge in [0.05, 0.1) is 11.0 Å².